The second-order valence-electron chi connectivity index (χ2n) is 7.05. The molecule has 2 aromatic heterocycles. The number of amides is 4. The van der Waals surface area contributed by atoms with Crippen molar-refractivity contribution in [2.75, 3.05) is 6.73 Å². The highest BCUT2D eigenvalue weighted by Gasteiger charge is 2.42. The number of pyridine rings is 1. The van der Waals surface area contributed by atoms with Gasteiger partial charge in [-0.2, -0.15) is 0 Å². The van der Waals surface area contributed by atoms with Crippen molar-refractivity contribution in [2.24, 2.45) is 11.1 Å². The number of rotatable bonds is 4. The van der Waals surface area contributed by atoms with Crippen LogP contribution in [-0.4, -0.2) is 40.4 Å². The Morgan fingerprint density at radius 3 is 2.67 bits per heavy atom. The third kappa shape index (κ3) is 3.46. The third-order valence-electron chi connectivity index (χ3n) is 3.89. The number of aromatic nitrogens is 1. The van der Waals surface area contributed by atoms with E-state index >= 15 is 0 Å². The van der Waals surface area contributed by atoms with Crippen molar-refractivity contribution in [2.45, 2.75) is 26.8 Å². The Morgan fingerprint density at radius 1 is 1.33 bits per heavy atom. The first-order chi connectivity index (χ1) is 12.6. The SMILES string of the molecule is CC(C)(C)C(=O)OCN1C(=O)N[C@@H](c2cc3nc(C(N)=O)ccc3o2)C1=O. The summed E-state index contributed by atoms with van der Waals surface area (Å²) in [6.07, 6.45) is 0. The van der Waals surface area contributed by atoms with Gasteiger partial charge in [-0.3, -0.25) is 14.4 Å². The number of primary amides is 1. The molecule has 0 unspecified atom stereocenters. The monoisotopic (exact) mass is 374 g/mol. The van der Waals surface area contributed by atoms with Crippen molar-refractivity contribution >= 4 is 34.9 Å². The Bertz CT molecular complexity index is 958. The van der Waals surface area contributed by atoms with Crippen LogP contribution in [0.3, 0.4) is 0 Å². The predicted molar refractivity (Wildman–Crippen MR) is 91.1 cm³/mol. The number of ether oxygens (including phenoxy) is 1. The number of carbonyl (C=O) groups excluding carboxylic acids is 4. The summed E-state index contributed by atoms with van der Waals surface area (Å²) in [6, 6.07) is 2.53. The molecule has 10 nitrogen and oxygen atoms in total. The van der Waals surface area contributed by atoms with Crippen molar-refractivity contribution in [3.05, 3.63) is 29.7 Å². The number of hydrogen-bond acceptors (Lipinski definition) is 7. The normalized spacial score (nSPS) is 17.3. The van der Waals surface area contributed by atoms with Gasteiger partial charge in [0.1, 0.15) is 17.0 Å². The second kappa shape index (κ2) is 6.38. The van der Waals surface area contributed by atoms with Crippen LogP contribution in [0.5, 0.6) is 0 Å². The molecule has 0 aromatic carbocycles. The number of furan rings is 1. The Kier molecular flexibility index (Phi) is 4.34. The number of urea groups is 1. The molecule has 1 aliphatic heterocycles. The second-order valence-corrected chi connectivity index (χ2v) is 7.05. The Hall–Kier alpha value is -3.43. The smallest absolute Gasteiger partial charge is 0.327 e. The molecule has 1 aliphatic rings. The zero-order chi connectivity index (χ0) is 19.9. The van der Waals surface area contributed by atoms with E-state index < -0.39 is 42.0 Å². The standard InChI is InChI=1S/C17H18N4O6/c1-17(2,3)15(24)26-7-21-14(23)12(20-16(21)25)11-6-9-10(27-11)5-4-8(19-9)13(18)22/h4-6,12H,7H2,1-3H3,(H2,18,22)(H,20,25)/t12-/m0/s1. The number of imide groups is 1. The Labute approximate surface area is 153 Å². The maximum atomic E-state index is 12.5. The molecule has 3 N–H and O–H groups in total. The van der Waals surface area contributed by atoms with E-state index in [1.807, 2.05) is 0 Å². The van der Waals surface area contributed by atoms with Crippen LogP contribution in [0.1, 0.15) is 43.1 Å². The van der Waals surface area contributed by atoms with Gasteiger partial charge < -0.3 is 20.2 Å². The molecule has 0 saturated carbocycles. The van der Waals surface area contributed by atoms with Crippen LogP contribution in [0.4, 0.5) is 4.79 Å². The molecule has 0 aliphatic carbocycles. The van der Waals surface area contributed by atoms with Crippen LogP contribution < -0.4 is 11.1 Å². The lowest BCUT2D eigenvalue weighted by Crippen LogP contribution is -2.36. The highest BCUT2D eigenvalue weighted by Crippen LogP contribution is 2.27. The van der Waals surface area contributed by atoms with Crippen LogP contribution in [0.25, 0.3) is 11.1 Å². The van der Waals surface area contributed by atoms with E-state index in [4.69, 9.17) is 14.9 Å². The minimum Gasteiger partial charge on any atom is -0.457 e. The van der Waals surface area contributed by atoms with Gasteiger partial charge in [0, 0.05) is 6.07 Å². The van der Waals surface area contributed by atoms with Crippen LogP contribution in [0, 0.1) is 5.41 Å². The van der Waals surface area contributed by atoms with E-state index in [0.717, 1.165) is 4.90 Å². The molecule has 1 fully saturated rings. The minimum atomic E-state index is -1.09. The first-order valence-corrected chi connectivity index (χ1v) is 8.07. The predicted octanol–water partition coefficient (Wildman–Crippen LogP) is 1.07. The van der Waals surface area contributed by atoms with Crippen molar-refractivity contribution in [3.63, 3.8) is 0 Å². The maximum Gasteiger partial charge on any atom is 0.327 e. The fourth-order valence-electron chi connectivity index (χ4n) is 2.40. The molecular weight excluding hydrogens is 356 g/mol. The third-order valence-corrected chi connectivity index (χ3v) is 3.89. The van der Waals surface area contributed by atoms with Gasteiger partial charge in [0.25, 0.3) is 11.8 Å². The van der Waals surface area contributed by atoms with E-state index in [0.29, 0.717) is 11.1 Å². The lowest BCUT2D eigenvalue weighted by atomic mass is 9.98. The summed E-state index contributed by atoms with van der Waals surface area (Å²) < 4.78 is 10.6. The number of esters is 1. The molecule has 27 heavy (non-hydrogen) atoms. The van der Waals surface area contributed by atoms with Gasteiger partial charge in [0.15, 0.2) is 18.4 Å². The van der Waals surface area contributed by atoms with Gasteiger partial charge in [-0.05, 0) is 32.9 Å². The van der Waals surface area contributed by atoms with Gasteiger partial charge in [0.05, 0.1) is 5.41 Å². The van der Waals surface area contributed by atoms with E-state index in [2.05, 4.69) is 10.3 Å². The van der Waals surface area contributed by atoms with E-state index in [-0.39, 0.29) is 11.5 Å². The fraction of sp³-hybridized carbons (Fsp3) is 0.353. The molecule has 142 valence electrons. The van der Waals surface area contributed by atoms with Crippen molar-refractivity contribution in [1.29, 1.82) is 0 Å². The molecule has 10 heteroatoms. The summed E-state index contributed by atoms with van der Waals surface area (Å²) in [7, 11) is 0. The molecule has 0 radical (unpaired) electrons. The lowest BCUT2D eigenvalue weighted by molar-refractivity contribution is -0.158. The Morgan fingerprint density at radius 2 is 2.04 bits per heavy atom. The molecule has 0 bridgehead atoms. The van der Waals surface area contributed by atoms with Crippen LogP contribution in [0.2, 0.25) is 0 Å². The molecular formula is C17H18N4O6. The van der Waals surface area contributed by atoms with Crippen molar-refractivity contribution in [3.8, 4) is 0 Å². The average Bonchev–Trinajstić information content (AvgIpc) is 3.12. The largest absolute Gasteiger partial charge is 0.457 e. The van der Waals surface area contributed by atoms with Gasteiger partial charge in [0.2, 0.25) is 0 Å². The minimum absolute atomic E-state index is 0.0485. The number of hydrogen-bond donors (Lipinski definition) is 2. The fourth-order valence-corrected chi connectivity index (χ4v) is 2.40. The van der Waals surface area contributed by atoms with Crippen molar-refractivity contribution < 1.29 is 28.3 Å². The summed E-state index contributed by atoms with van der Waals surface area (Å²) in [6.45, 7) is 4.48. The molecule has 1 atom stereocenters. The summed E-state index contributed by atoms with van der Waals surface area (Å²) in [5.74, 6) is -1.73. The van der Waals surface area contributed by atoms with Crippen LogP contribution >= 0.6 is 0 Å². The highest BCUT2D eigenvalue weighted by molar-refractivity contribution is 6.04. The zero-order valence-corrected chi connectivity index (χ0v) is 14.9. The molecule has 1 saturated heterocycles. The summed E-state index contributed by atoms with van der Waals surface area (Å²) in [4.78, 5) is 52.5. The van der Waals surface area contributed by atoms with E-state index in [1.54, 1.807) is 20.8 Å². The lowest BCUT2D eigenvalue weighted by Gasteiger charge is -2.19. The first kappa shape index (κ1) is 18.4. The maximum absolute atomic E-state index is 12.5. The van der Waals surface area contributed by atoms with Gasteiger partial charge in [-0.25, -0.2) is 14.7 Å². The Balaban J connectivity index is 1.79. The van der Waals surface area contributed by atoms with Crippen molar-refractivity contribution in [1.82, 2.24) is 15.2 Å². The first-order valence-electron chi connectivity index (χ1n) is 8.07. The molecule has 3 rings (SSSR count). The average molecular weight is 374 g/mol. The highest BCUT2D eigenvalue weighted by atomic mass is 16.5. The molecule has 2 aromatic rings. The molecule has 4 amide bonds. The number of fused-ring (bicyclic) bond motifs is 1. The van der Waals surface area contributed by atoms with Gasteiger partial charge in [-0.1, -0.05) is 0 Å². The summed E-state index contributed by atoms with van der Waals surface area (Å²) in [5.41, 5.74) is 5.12. The van der Waals surface area contributed by atoms with E-state index in [1.165, 1.54) is 18.2 Å². The van der Waals surface area contributed by atoms with E-state index in [9.17, 15) is 19.2 Å². The number of nitrogens with zero attached hydrogens (tertiary/aromatic N) is 2. The number of nitrogens with one attached hydrogen (secondary N) is 1. The molecule has 0 spiro atoms. The zero-order valence-electron chi connectivity index (χ0n) is 14.9. The topological polar surface area (TPSA) is 145 Å². The number of carbonyl (C=O) groups is 4. The molecule has 3 heterocycles. The quantitative estimate of drug-likeness (QED) is 0.601. The van der Waals surface area contributed by atoms with Gasteiger partial charge >= 0.3 is 12.0 Å². The number of nitrogens with two attached hydrogens (primary N) is 1. The van der Waals surface area contributed by atoms with Crippen LogP contribution in [-0.2, 0) is 14.3 Å². The van der Waals surface area contributed by atoms with Crippen LogP contribution in [0.15, 0.2) is 22.6 Å². The van der Waals surface area contributed by atoms with Gasteiger partial charge in [-0.15, -0.1) is 0 Å². The summed E-state index contributed by atoms with van der Waals surface area (Å²) >= 11 is 0. The summed E-state index contributed by atoms with van der Waals surface area (Å²) in [5, 5.41) is 2.46.